The van der Waals surface area contributed by atoms with Crippen molar-refractivity contribution in [2.75, 3.05) is 25.6 Å². The summed E-state index contributed by atoms with van der Waals surface area (Å²) >= 11 is 0. The lowest BCUT2D eigenvalue weighted by Gasteiger charge is -2.39. The lowest BCUT2D eigenvalue weighted by atomic mass is 9.94. The third kappa shape index (κ3) is 3.19. The van der Waals surface area contributed by atoms with Crippen LogP contribution in [0.1, 0.15) is 25.5 Å². The summed E-state index contributed by atoms with van der Waals surface area (Å²) in [5.41, 5.74) is 4.55. The van der Waals surface area contributed by atoms with Crippen LogP contribution in [-0.4, -0.2) is 35.7 Å². The van der Waals surface area contributed by atoms with Crippen molar-refractivity contribution in [3.8, 4) is 0 Å². The molecule has 2 rings (SSSR count). The van der Waals surface area contributed by atoms with Crippen molar-refractivity contribution in [2.45, 2.75) is 31.9 Å². The highest BCUT2D eigenvalue weighted by Crippen LogP contribution is 2.24. The second-order valence-corrected chi connectivity index (χ2v) is 5.15. The van der Waals surface area contributed by atoms with Gasteiger partial charge in [-0.25, -0.2) is 0 Å². The van der Waals surface area contributed by atoms with E-state index >= 15 is 0 Å². The number of nitrogen functional groups attached to an aromatic ring is 1. The van der Waals surface area contributed by atoms with Crippen molar-refractivity contribution in [1.29, 1.82) is 0 Å². The monoisotopic (exact) mass is 250 g/mol. The van der Waals surface area contributed by atoms with Crippen molar-refractivity contribution in [2.24, 2.45) is 5.84 Å². The minimum absolute atomic E-state index is 0.0258. The van der Waals surface area contributed by atoms with Crippen molar-refractivity contribution in [3.63, 3.8) is 0 Å². The first-order valence-corrected chi connectivity index (χ1v) is 6.34. The SMILES string of the molecule is COC1(C)CCCN(Cc2cc(NN)ccn2)C1. The Morgan fingerprint density at radius 2 is 2.44 bits per heavy atom. The molecule has 0 aromatic carbocycles. The van der Waals surface area contributed by atoms with Gasteiger partial charge in [0.1, 0.15) is 0 Å². The highest BCUT2D eigenvalue weighted by Gasteiger charge is 2.30. The number of ether oxygens (including phenoxy) is 1. The van der Waals surface area contributed by atoms with Crippen molar-refractivity contribution < 1.29 is 4.74 Å². The van der Waals surface area contributed by atoms with Crippen molar-refractivity contribution in [1.82, 2.24) is 9.88 Å². The van der Waals surface area contributed by atoms with Crippen LogP contribution < -0.4 is 11.3 Å². The van der Waals surface area contributed by atoms with E-state index in [0.717, 1.165) is 37.4 Å². The molecular formula is C13H22N4O. The van der Waals surface area contributed by atoms with Crippen LogP contribution in [-0.2, 0) is 11.3 Å². The lowest BCUT2D eigenvalue weighted by Crippen LogP contribution is -2.46. The van der Waals surface area contributed by atoms with Gasteiger partial charge in [-0.1, -0.05) is 0 Å². The summed E-state index contributed by atoms with van der Waals surface area (Å²) in [4.78, 5) is 6.76. The van der Waals surface area contributed by atoms with Gasteiger partial charge in [0.15, 0.2) is 0 Å². The van der Waals surface area contributed by atoms with E-state index in [1.54, 1.807) is 13.3 Å². The molecule has 0 amide bonds. The van der Waals surface area contributed by atoms with Gasteiger partial charge in [0.05, 0.1) is 17.0 Å². The summed E-state index contributed by atoms with van der Waals surface area (Å²) in [6.45, 7) is 5.06. The summed E-state index contributed by atoms with van der Waals surface area (Å²) in [5, 5.41) is 0. The zero-order valence-corrected chi connectivity index (χ0v) is 11.1. The molecule has 0 radical (unpaired) electrons. The first kappa shape index (κ1) is 13.3. The van der Waals surface area contributed by atoms with Crippen LogP contribution in [0.5, 0.6) is 0 Å². The molecular weight excluding hydrogens is 228 g/mol. The van der Waals surface area contributed by atoms with Gasteiger partial charge in [-0.05, 0) is 38.4 Å². The Hall–Kier alpha value is -1.17. The predicted octanol–water partition coefficient (Wildman–Crippen LogP) is 1.37. The standard InChI is InChI=1S/C13H22N4O/c1-13(18-2)5-3-7-17(10-13)9-12-8-11(16-14)4-6-15-12/h4,6,8H,3,5,7,9-10,14H2,1-2H3,(H,15,16). The maximum atomic E-state index is 5.60. The number of hydrogen-bond acceptors (Lipinski definition) is 5. The molecule has 1 unspecified atom stereocenters. The van der Waals surface area contributed by atoms with Gasteiger partial charge >= 0.3 is 0 Å². The lowest BCUT2D eigenvalue weighted by molar-refractivity contribution is -0.0529. The first-order chi connectivity index (χ1) is 8.65. The van der Waals surface area contributed by atoms with E-state index < -0.39 is 0 Å². The van der Waals surface area contributed by atoms with Crippen LogP contribution in [0.3, 0.4) is 0 Å². The number of methoxy groups -OCH3 is 1. The third-order valence-corrected chi connectivity index (χ3v) is 3.60. The molecule has 18 heavy (non-hydrogen) atoms. The van der Waals surface area contributed by atoms with E-state index in [2.05, 4.69) is 22.2 Å². The number of piperidine rings is 1. The number of nitrogens with one attached hydrogen (secondary N) is 1. The van der Waals surface area contributed by atoms with Gasteiger partial charge in [-0.3, -0.25) is 15.7 Å². The van der Waals surface area contributed by atoms with Crippen molar-refractivity contribution >= 4 is 5.69 Å². The smallest absolute Gasteiger partial charge is 0.0777 e. The van der Waals surface area contributed by atoms with E-state index in [9.17, 15) is 0 Å². The highest BCUT2D eigenvalue weighted by molar-refractivity contribution is 5.41. The quantitative estimate of drug-likeness (QED) is 0.624. The second kappa shape index (κ2) is 5.65. The molecule has 2 heterocycles. The Morgan fingerprint density at radius 1 is 1.61 bits per heavy atom. The number of anilines is 1. The largest absolute Gasteiger partial charge is 0.377 e. The van der Waals surface area contributed by atoms with E-state index in [1.807, 2.05) is 12.1 Å². The topological polar surface area (TPSA) is 63.4 Å². The number of hydrogen-bond donors (Lipinski definition) is 2. The maximum Gasteiger partial charge on any atom is 0.0777 e. The third-order valence-electron chi connectivity index (χ3n) is 3.60. The second-order valence-electron chi connectivity index (χ2n) is 5.15. The van der Waals surface area contributed by atoms with Crippen LogP contribution in [0.4, 0.5) is 5.69 Å². The van der Waals surface area contributed by atoms with Gasteiger partial charge in [0.25, 0.3) is 0 Å². The minimum Gasteiger partial charge on any atom is -0.377 e. The Morgan fingerprint density at radius 3 is 3.17 bits per heavy atom. The Balaban J connectivity index is 2.00. The zero-order chi connectivity index (χ0) is 13.0. The fourth-order valence-electron chi connectivity index (χ4n) is 2.49. The Bertz CT molecular complexity index is 398. The molecule has 1 saturated heterocycles. The summed E-state index contributed by atoms with van der Waals surface area (Å²) in [7, 11) is 1.79. The average molecular weight is 250 g/mol. The Kier molecular flexibility index (Phi) is 4.16. The molecule has 5 nitrogen and oxygen atoms in total. The molecule has 1 aliphatic heterocycles. The number of likely N-dealkylation sites (tertiary alicyclic amines) is 1. The van der Waals surface area contributed by atoms with Crippen LogP contribution in [0, 0.1) is 0 Å². The fraction of sp³-hybridized carbons (Fsp3) is 0.615. The molecule has 3 N–H and O–H groups in total. The van der Waals surface area contributed by atoms with Gasteiger partial charge < -0.3 is 10.2 Å². The number of hydrazine groups is 1. The normalized spacial score (nSPS) is 25.1. The number of rotatable bonds is 4. The number of pyridine rings is 1. The summed E-state index contributed by atoms with van der Waals surface area (Å²) < 4.78 is 5.60. The predicted molar refractivity (Wildman–Crippen MR) is 72.0 cm³/mol. The minimum atomic E-state index is -0.0258. The van der Waals surface area contributed by atoms with Crippen molar-refractivity contribution in [3.05, 3.63) is 24.0 Å². The zero-order valence-electron chi connectivity index (χ0n) is 11.1. The molecule has 0 aliphatic carbocycles. The molecule has 1 fully saturated rings. The average Bonchev–Trinajstić information content (AvgIpc) is 2.39. The van der Waals surface area contributed by atoms with Gasteiger partial charge in [-0.2, -0.15) is 0 Å². The first-order valence-electron chi connectivity index (χ1n) is 6.34. The van der Waals surface area contributed by atoms with E-state index in [1.165, 1.54) is 6.42 Å². The van der Waals surface area contributed by atoms with Gasteiger partial charge in [0.2, 0.25) is 0 Å². The van der Waals surface area contributed by atoms with E-state index in [-0.39, 0.29) is 5.60 Å². The molecule has 1 aliphatic rings. The molecule has 0 saturated carbocycles. The maximum absolute atomic E-state index is 5.60. The highest BCUT2D eigenvalue weighted by atomic mass is 16.5. The molecule has 0 bridgehead atoms. The van der Waals surface area contributed by atoms with Crippen LogP contribution in [0.25, 0.3) is 0 Å². The van der Waals surface area contributed by atoms with E-state index in [0.29, 0.717) is 0 Å². The summed E-state index contributed by atoms with van der Waals surface area (Å²) in [5.74, 6) is 5.41. The van der Waals surface area contributed by atoms with Crippen LogP contribution in [0.15, 0.2) is 18.3 Å². The van der Waals surface area contributed by atoms with Gasteiger partial charge in [0, 0.05) is 26.4 Å². The molecule has 0 spiro atoms. The van der Waals surface area contributed by atoms with E-state index in [4.69, 9.17) is 10.6 Å². The summed E-state index contributed by atoms with van der Waals surface area (Å²) in [6.07, 6.45) is 4.07. The molecule has 1 aromatic heterocycles. The Labute approximate surface area is 108 Å². The fourth-order valence-corrected chi connectivity index (χ4v) is 2.49. The van der Waals surface area contributed by atoms with Crippen LogP contribution >= 0.6 is 0 Å². The molecule has 1 atom stereocenters. The number of nitrogens with zero attached hydrogens (tertiary/aromatic N) is 2. The van der Waals surface area contributed by atoms with Gasteiger partial charge in [-0.15, -0.1) is 0 Å². The number of aromatic nitrogens is 1. The molecule has 5 heteroatoms. The number of nitrogens with two attached hydrogens (primary N) is 1. The summed E-state index contributed by atoms with van der Waals surface area (Å²) in [6, 6.07) is 3.84. The van der Waals surface area contributed by atoms with Crippen LogP contribution in [0.2, 0.25) is 0 Å². The molecule has 100 valence electrons. The molecule has 1 aromatic rings.